The summed E-state index contributed by atoms with van der Waals surface area (Å²) in [5.74, 6) is 0.529. The normalized spacial score (nSPS) is 16.9. The fraction of sp³-hybridized carbons (Fsp3) is 0.391. The fourth-order valence-corrected chi connectivity index (χ4v) is 4.94. The van der Waals surface area contributed by atoms with Crippen molar-refractivity contribution in [2.24, 2.45) is 0 Å². The molecule has 9 nitrogen and oxygen atoms in total. The van der Waals surface area contributed by atoms with Gasteiger partial charge in [0.05, 0.1) is 24.2 Å². The van der Waals surface area contributed by atoms with E-state index in [2.05, 4.69) is 10.0 Å². The maximum Gasteiger partial charge on any atom is 0.241 e. The van der Waals surface area contributed by atoms with Gasteiger partial charge in [0.25, 0.3) is 0 Å². The number of carbonyl (C=O) groups excluding carboxylic acids is 2. The monoisotopic (exact) mass is 473 g/mol. The summed E-state index contributed by atoms with van der Waals surface area (Å²) in [5, 5.41) is 2.74. The van der Waals surface area contributed by atoms with E-state index in [1.54, 1.807) is 11.0 Å². The molecule has 0 bridgehead atoms. The number of benzene rings is 2. The Balaban J connectivity index is 1.33. The average molecular weight is 474 g/mol. The van der Waals surface area contributed by atoms with E-state index in [9.17, 15) is 18.0 Å². The number of nitrogens with one attached hydrogen (secondary N) is 2. The first-order valence-electron chi connectivity index (χ1n) is 10.9. The van der Waals surface area contributed by atoms with Crippen molar-refractivity contribution in [3.05, 3.63) is 48.0 Å². The van der Waals surface area contributed by atoms with E-state index < -0.39 is 22.0 Å². The second-order valence-corrected chi connectivity index (χ2v) is 9.75. The van der Waals surface area contributed by atoms with Crippen LogP contribution in [0.15, 0.2) is 47.4 Å². The minimum atomic E-state index is -3.94. The summed E-state index contributed by atoms with van der Waals surface area (Å²) < 4.78 is 39.0. The summed E-state index contributed by atoms with van der Waals surface area (Å²) in [7, 11) is -3.94. The van der Waals surface area contributed by atoms with Gasteiger partial charge in [0, 0.05) is 37.7 Å². The first-order valence-corrected chi connectivity index (χ1v) is 12.4. The van der Waals surface area contributed by atoms with Crippen LogP contribution in [-0.2, 0) is 26.2 Å². The zero-order chi connectivity index (χ0) is 23.4. The highest BCUT2D eigenvalue weighted by molar-refractivity contribution is 7.89. The molecule has 2 aromatic carbocycles. The summed E-state index contributed by atoms with van der Waals surface area (Å²) in [4.78, 5) is 26.1. The van der Waals surface area contributed by atoms with E-state index in [0.717, 1.165) is 24.2 Å². The van der Waals surface area contributed by atoms with Crippen LogP contribution in [0.2, 0.25) is 0 Å². The van der Waals surface area contributed by atoms with Crippen LogP contribution in [0.25, 0.3) is 0 Å². The highest BCUT2D eigenvalue weighted by Crippen LogP contribution is 2.32. The molecular weight excluding hydrogens is 446 g/mol. The lowest BCUT2D eigenvalue weighted by atomic mass is 10.2. The zero-order valence-corrected chi connectivity index (χ0v) is 19.2. The largest absolute Gasteiger partial charge is 0.490 e. The third-order valence-corrected chi connectivity index (χ3v) is 7.08. The average Bonchev–Trinajstić information content (AvgIpc) is 3.09. The van der Waals surface area contributed by atoms with Crippen molar-refractivity contribution in [2.75, 3.05) is 24.7 Å². The maximum atomic E-state index is 12.8. The lowest BCUT2D eigenvalue weighted by Gasteiger charge is -2.17. The summed E-state index contributed by atoms with van der Waals surface area (Å²) in [6, 6.07) is 10.8. The minimum absolute atomic E-state index is 0.00144. The van der Waals surface area contributed by atoms with Crippen LogP contribution >= 0.6 is 0 Å². The van der Waals surface area contributed by atoms with Crippen molar-refractivity contribution in [2.45, 2.75) is 43.7 Å². The summed E-state index contributed by atoms with van der Waals surface area (Å²) >= 11 is 0. The van der Waals surface area contributed by atoms with Crippen molar-refractivity contribution in [1.82, 2.24) is 10.0 Å². The van der Waals surface area contributed by atoms with Crippen LogP contribution in [0.4, 0.5) is 5.69 Å². The third-order valence-electron chi connectivity index (χ3n) is 5.54. The zero-order valence-electron chi connectivity index (χ0n) is 18.4. The van der Waals surface area contributed by atoms with E-state index in [-0.39, 0.29) is 17.3 Å². The molecule has 2 aliphatic heterocycles. The number of hydrogen-bond donors (Lipinski definition) is 2. The van der Waals surface area contributed by atoms with Gasteiger partial charge in [-0.2, -0.15) is 4.72 Å². The standard InChI is InChI=1S/C23H27N3O6S/c1-16(25-33(29,30)19-9-10-20-21(14-19)32-13-3-12-31-20)23(28)24-15-17-5-7-18(8-6-17)26-11-2-4-22(26)27/h5-10,14,16,25H,2-4,11-13,15H2,1H3,(H,24,28)/t16-/m1/s1. The molecule has 2 N–H and O–H groups in total. The molecule has 0 saturated carbocycles. The van der Waals surface area contributed by atoms with E-state index in [0.29, 0.717) is 37.6 Å². The number of fused-ring (bicyclic) bond motifs is 1. The summed E-state index contributed by atoms with van der Waals surface area (Å²) in [6.45, 7) is 3.39. The predicted octanol–water partition coefficient (Wildman–Crippen LogP) is 1.96. The number of hydrogen-bond acceptors (Lipinski definition) is 6. The second-order valence-electron chi connectivity index (χ2n) is 8.04. The van der Waals surface area contributed by atoms with Crippen molar-refractivity contribution < 1.29 is 27.5 Å². The van der Waals surface area contributed by atoms with Gasteiger partial charge < -0.3 is 19.7 Å². The molecule has 2 heterocycles. The molecule has 1 atom stereocenters. The summed E-state index contributed by atoms with van der Waals surface area (Å²) in [6.07, 6.45) is 2.14. The molecule has 10 heteroatoms. The van der Waals surface area contributed by atoms with Crippen LogP contribution in [0.5, 0.6) is 11.5 Å². The molecule has 0 spiro atoms. The Kier molecular flexibility index (Phi) is 6.85. The van der Waals surface area contributed by atoms with E-state index in [4.69, 9.17) is 9.47 Å². The number of carbonyl (C=O) groups is 2. The van der Waals surface area contributed by atoms with Gasteiger partial charge >= 0.3 is 0 Å². The van der Waals surface area contributed by atoms with E-state index in [1.165, 1.54) is 19.1 Å². The molecule has 0 aromatic heterocycles. The van der Waals surface area contributed by atoms with Gasteiger partial charge in [-0.05, 0) is 43.2 Å². The maximum absolute atomic E-state index is 12.8. The molecule has 2 amide bonds. The number of ether oxygens (including phenoxy) is 2. The van der Waals surface area contributed by atoms with Gasteiger partial charge in [-0.1, -0.05) is 12.1 Å². The molecule has 2 aliphatic rings. The van der Waals surface area contributed by atoms with Crippen molar-refractivity contribution in [1.29, 1.82) is 0 Å². The highest BCUT2D eigenvalue weighted by atomic mass is 32.2. The quantitative estimate of drug-likeness (QED) is 0.636. The van der Waals surface area contributed by atoms with Crippen LogP contribution in [0.1, 0.15) is 31.7 Å². The molecule has 0 unspecified atom stereocenters. The van der Waals surface area contributed by atoms with Crippen LogP contribution in [-0.4, -0.2) is 46.0 Å². The number of anilines is 1. The topological polar surface area (TPSA) is 114 Å². The lowest BCUT2D eigenvalue weighted by Crippen LogP contribution is -2.44. The smallest absolute Gasteiger partial charge is 0.241 e. The number of sulfonamides is 1. The van der Waals surface area contributed by atoms with Crippen molar-refractivity contribution >= 4 is 27.5 Å². The van der Waals surface area contributed by atoms with Crippen LogP contribution < -0.4 is 24.4 Å². The predicted molar refractivity (Wildman–Crippen MR) is 122 cm³/mol. The molecule has 0 radical (unpaired) electrons. The van der Waals surface area contributed by atoms with E-state index >= 15 is 0 Å². The van der Waals surface area contributed by atoms with Gasteiger partial charge in [0.1, 0.15) is 0 Å². The first kappa shape index (κ1) is 23.1. The SMILES string of the molecule is C[C@@H](NS(=O)(=O)c1ccc2c(c1)OCCCO2)C(=O)NCc1ccc(N2CCCC2=O)cc1. The Labute approximate surface area is 193 Å². The Hall–Kier alpha value is -3.11. The fourth-order valence-electron chi connectivity index (χ4n) is 3.72. The summed E-state index contributed by atoms with van der Waals surface area (Å²) in [5.41, 5.74) is 1.68. The molecule has 1 saturated heterocycles. The van der Waals surface area contributed by atoms with Crippen LogP contribution in [0, 0.1) is 0 Å². The molecule has 176 valence electrons. The van der Waals surface area contributed by atoms with Gasteiger partial charge in [0.2, 0.25) is 21.8 Å². The third kappa shape index (κ3) is 5.45. The van der Waals surface area contributed by atoms with Gasteiger partial charge in [-0.25, -0.2) is 8.42 Å². The lowest BCUT2D eigenvalue weighted by molar-refractivity contribution is -0.122. The molecule has 1 fully saturated rings. The number of rotatable bonds is 7. The Morgan fingerprint density at radius 3 is 2.48 bits per heavy atom. The Bertz CT molecular complexity index is 1130. The first-order chi connectivity index (χ1) is 15.8. The van der Waals surface area contributed by atoms with Crippen molar-refractivity contribution in [3.8, 4) is 11.5 Å². The molecule has 2 aromatic rings. The van der Waals surface area contributed by atoms with Gasteiger partial charge in [-0.3, -0.25) is 9.59 Å². The molecule has 0 aliphatic carbocycles. The molecular formula is C23H27N3O6S. The van der Waals surface area contributed by atoms with Gasteiger partial charge in [-0.15, -0.1) is 0 Å². The van der Waals surface area contributed by atoms with Crippen LogP contribution in [0.3, 0.4) is 0 Å². The van der Waals surface area contributed by atoms with E-state index in [1.807, 2.05) is 24.3 Å². The Morgan fingerprint density at radius 2 is 1.79 bits per heavy atom. The van der Waals surface area contributed by atoms with Crippen molar-refractivity contribution in [3.63, 3.8) is 0 Å². The number of nitrogens with zero attached hydrogens (tertiary/aromatic N) is 1. The molecule has 33 heavy (non-hydrogen) atoms. The second kappa shape index (κ2) is 9.80. The highest BCUT2D eigenvalue weighted by Gasteiger charge is 2.24. The minimum Gasteiger partial charge on any atom is -0.490 e. The molecule has 4 rings (SSSR count). The number of amides is 2. The van der Waals surface area contributed by atoms with Gasteiger partial charge in [0.15, 0.2) is 11.5 Å². The Morgan fingerprint density at radius 1 is 1.06 bits per heavy atom.